The van der Waals surface area contributed by atoms with E-state index in [0.717, 1.165) is 12.1 Å². The molecule has 3 aromatic rings. The molecule has 0 aliphatic heterocycles. The van der Waals surface area contributed by atoms with Crippen LogP contribution in [0.15, 0.2) is 35.1 Å². The first-order chi connectivity index (χ1) is 15.0. The average molecular weight is 454 g/mol. The fourth-order valence-electron chi connectivity index (χ4n) is 3.80. The Morgan fingerprint density at radius 2 is 1.78 bits per heavy atom. The number of fused-ring (bicyclic) bond motifs is 1. The van der Waals surface area contributed by atoms with Gasteiger partial charge >= 0.3 is 11.9 Å². The van der Waals surface area contributed by atoms with Crippen molar-refractivity contribution in [2.24, 2.45) is 5.92 Å². The largest absolute Gasteiger partial charge is 0.391 e. The van der Waals surface area contributed by atoms with E-state index in [1.54, 1.807) is 0 Å². The van der Waals surface area contributed by atoms with Gasteiger partial charge in [-0.3, -0.25) is 4.79 Å². The van der Waals surface area contributed by atoms with Crippen molar-refractivity contribution < 1.29 is 26.7 Å². The molecule has 170 valence electrons. The highest BCUT2D eigenvalue weighted by Crippen LogP contribution is 2.44. The van der Waals surface area contributed by atoms with Crippen molar-refractivity contribution in [3.8, 4) is 0 Å². The van der Waals surface area contributed by atoms with Crippen LogP contribution in [0.1, 0.15) is 28.8 Å². The molecule has 0 spiro atoms. The number of benzene rings is 2. The lowest BCUT2D eigenvalue weighted by Gasteiger charge is -2.43. The zero-order valence-corrected chi connectivity index (χ0v) is 16.8. The molecule has 4 rings (SSSR count). The summed E-state index contributed by atoms with van der Waals surface area (Å²) in [6.07, 6.45) is -4.63. The minimum Gasteiger partial charge on any atom is -0.369 e. The quantitative estimate of drug-likeness (QED) is 0.513. The summed E-state index contributed by atoms with van der Waals surface area (Å²) in [5.41, 5.74) is 0.504. The van der Waals surface area contributed by atoms with Gasteiger partial charge in [0.05, 0.1) is 22.6 Å². The molecule has 2 aromatic carbocycles. The van der Waals surface area contributed by atoms with E-state index in [-0.39, 0.29) is 36.2 Å². The number of amides is 1. The van der Waals surface area contributed by atoms with E-state index in [1.165, 1.54) is 30.1 Å². The Labute approximate surface area is 178 Å². The molecule has 1 heterocycles. The molecule has 1 aliphatic carbocycles. The van der Waals surface area contributed by atoms with Crippen LogP contribution >= 0.6 is 0 Å². The number of rotatable bonds is 5. The highest BCUT2D eigenvalue weighted by Gasteiger charge is 2.49. The summed E-state index contributed by atoms with van der Waals surface area (Å²) < 4.78 is 67.2. The van der Waals surface area contributed by atoms with Gasteiger partial charge in [-0.25, -0.2) is 13.6 Å². The third-order valence-corrected chi connectivity index (χ3v) is 5.84. The Hall–Kier alpha value is -3.37. The molecule has 0 atom stereocenters. The van der Waals surface area contributed by atoms with Crippen LogP contribution in [0.2, 0.25) is 0 Å². The molecule has 0 unspecified atom stereocenters. The van der Waals surface area contributed by atoms with E-state index in [4.69, 9.17) is 0 Å². The van der Waals surface area contributed by atoms with E-state index in [2.05, 4.69) is 15.3 Å². The first kappa shape index (κ1) is 21.8. The first-order valence-electron chi connectivity index (χ1n) is 9.80. The molecule has 32 heavy (non-hydrogen) atoms. The maximum absolute atomic E-state index is 14.6. The fraction of sp³-hybridized carbons (Fsp3) is 0.333. The summed E-state index contributed by atoms with van der Waals surface area (Å²) in [5.74, 6) is -3.56. The van der Waals surface area contributed by atoms with Crippen LogP contribution in [0.3, 0.4) is 0 Å². The van der Waals surface area contributed by atoms with Crippen LogP contribution in [0.4, 0.5) is 27.6 Å². The van der Waals surface area contributed by atoms with Crippen LogP contribution in [-0.4, -0.2) is 35.1 Å². The molecule has 0 radical (unpaired) electrons. The summed E-state index contributed by atoms with van der Waals surface area (Å²) >= 11 is 0. The van der Waals surface area contributed by atoms with E-state index in [0.29, 0.717) is 11.0 Å². The molecule has 1 aliphatic rings. The van der Waals surface area contributed by atoms with Gasteiger partial charge in [0.15, 0.2) is 0 Å². The predicted molar refractivity (Wildman–Crippen MR) is 107 cm³/mol. The number of hydrogen-bond donors (Lipinski definition) is 3. The van der Waals surface area contributed by atoms with Gasteiger partial charge in [0.25, 0.3) is 5.91 Å². The van der Waals surface area contributed by atoms with Crippen LogP contribution in [0.5, 0.6) is 0 Å². The smallest absolute Gasteiger partial charge is 0.369 e. The average Bonchev–Trinajstić information content (AvgIpc) is 3.04. The van der Waals surface area contributed by atoms with Crippen molar-refractivity contribution in [3.63, 3.8) is 0 Å². The highest BCUT2D eigenvalue weighted by atomic mass is 19.4. The van der Waals surface area contributed by atoms with Crippen molar-refractivity contribution in [1.29, 1.82) is 0 Å². The molecular weight excluding hydrogens is 435 g/mol. The Balaban J connectivity index is 1.42. The van der Waals surface area contributed by atoms with Crippen molar-refractivity contribution in [1.82, 2.24) is 15.3 Å². The fourth-order valence-corrected chi connectivity index (χ4v) is 3.80. The Kier molecular flexibility index (Phi) is 5.43. The number of nitrogens with zero attached hydrogens (tertiary/aromatic N) is 1. The van der Waals surface area contributed by atoms with Crippen molar-refractivity contribution >= 4 is 22.6 Å². The van der Waals surface area contributed by atoms with Crippen LogP contribution in [0, 0.1) is 17.6 Å². The molecule has 1 fully saturated rings. The third kappa shape index (κ3) is 4.19. The second-order valence-electron chi connectivity index (χ2n) is 7.89. The monoisotopic (exact) mass is 454 g/mol. The number of carbonyl (C=O) groups is 1. The van der Waals surface area contributed by atoms with E-state index >= 15 is 0 Å². The highest BCUT2D eigenvalue weighted by molar-refractivity contribution is 5.97. The molecule has 6 nitrogen and oxygen atoms in total. The van der Waals surface area contributed by atoms with Gasteiger partial charge in [0, 0.05) is 36.8 Å². The number of imidazole rings is 1. The van der Waals surface area contributed by atoms with Gasteiger partial charge in [0.1, 0.15) is 11.6 Å². The number of H-pyrrole nitrogens is 2. The van der Waals surface area contributed by atoms with Crippen molar-refractivity contribution in [2.45, 2.75) is 31.6 Å². The normalized spacial score (nSPS) is 18.4. The maximum atomic E-state index is 14.6. The number of aromatic nitrogens is 2. The second kappa shape index (κ2) is 7.95. The molecule has 1 saturated carbocycles. The lowest BCUT2D eigenvalue weighted by atomic mass is 9.79. The van der Waals surface area contributed by atoms with Gasteiger partial charge in [0.2, 0.25) is 0 Å². The Bertz CT molecular complexity index is 1230. The zero-order valence-electron chi connectivity index (χ0n) is 16.8. The SMILES string of the molecule is CN(c1cc(F)c(CNC(=O)c2ccc3[nH]c(=O)[nH]c3c2)cc1F)C1CC(C(F)(F)F)C1. The topological polar surface area (TPSA) is 81.0 Å². The molecule has 0 saturated heterocycles. The van der Waals surface area contributed by atoms with Crippen LogP contribution in [0.25, 0.3) is 11.0 Å². The van der Waals surface area contributed by atoms with E-state index in [1.807, 2.05) is 0 Å². The van der Waals surface area contributed by atoms with Gasteiger partial charge in [-0.15, -0.1) is 0 Å². The lowest BCUT2D eigenvalue weighted by Crippen LogP contribution is -2.48. The molecule has 1 aromatic heterocycles. The maximum Gasteiger partial charge on any atom is 0.391 e. The minimum atomic E-state index is -4.29. The Morgan fingerprint density at radius 1 is 1.09 bits per heavy atom. The minimum absolute atomic E-state index is 0.106. The standard InChI is InChI=1S/C21H19F5N4O2/c1-30(13-6-12(7-13)21(24,25)26)18-8-14(22)11(4-15(18)23)9-27-19(31)10-2-3-16-17(5-10)29-20(32)28-16/h2-5,8,12-13H,6-7,9H2,1H3,(H,27,31)(H2,28,29,32). The van der Waals surface area contributed by atoms with Crippen LogP contribution < -0.4 is 15.9 Å². The summed E-state index contributed by atoms with van der Waals surface area (Å²) in [5, 5.41) is 2.48. The molecule has 3 N–H and O–H groups in total. The van der Waals surface area contributed by atoms with Gasteiger partial charge in [-0.1, -0.05) is 0 Å². The molecule has 11 heteroatoms. The molecule has 0 bridgehead atoms. The molecule has 1 amide bonds. The Morgan fingerprint density at radius 3 is 2.47 bits per heavy atom. The van der Waals surface area contributed by atoms with Crippen LogP contribution in [-0.2, 0) is 6.54 Å². The van der Waals surface area contributed by atoms with Gasteiger partial charge < -0.3 is 20.2 Å². The third-order valence-electron chi connectivity index (χ3n) is 5.84. The second-order valence-corrected chi connectivity index (χ2v) is 7.89. The number of anilines is 1. The molecular formula is C21H19F5N4O2. The first-order valence-corrected chi connectivity index (χ1v) is 9.80. The van der Waals surface area contributed by atoms with Gasteiger partial charge in [-0.2, -0.15) is 13.2 Å². The zero-order chi connectivity index (χ0) is 23.2. The van der Waals surface area contributed by atoms with Gasteiger partial charge in [-0.05, 0) is 37.1 Å². The summed E-state index contributed by atoms with van der Waals surface area (Å²) in [4.78, 5) is 30.0. The van der Waals surface area contributed by atoms with Crippen molar-refractivity contribution in [3.05, 3.63) is 63.6 Å². The number of hydrogen-bond acceptors (Lipinski definition) is 3. The summed E-state index contributed by atoms with van der Waals surface area (Å²) in [6.45, 7) is -0.299. The lowest BCUT2D eigenvalue weighted by molar-refractivity contribution is -0.196. The van der Waals surface area contributed by atoms with E-state index in [9.17, 15) is 31.5 Å². The summed E-state index contributed by atoms with van der Waals surface area (Å²) in [7, 11) is 1.43. The number of aromatic amines is 2. The number of nitrogens with one attached hydrogen (secondary N) is 3. The van der Waals surface area contributed by atoms with E-state index < -0.39 is 41.4 Å². The number of halogens is 5. The predicted octanol–water partition coefficient (Wildman–Crippen LogP) is 3.84. The number of carbonyl (C=O) groups excluding carboxylic acids is 1. The number of alkyl halides is 3. The van der Waals surface area contributed by atoms with Crippen molar-refractivity contribution in [2.75, 3.05) is 11.9 Å². The summed E-state index contributed by atoms with van der Waals surface area (Å²) in [6, 6.07) is 5.78.